The molecule has 0 atom stereocenters. The van der Waals surface area contributed by atoms with Crippen LogP contribution in [0, 0.1) is 0 Å². The van der Waals surface area contributed by atoms with Crippen LogP contribution in [-0.4, -0.2) is 53.9 Å². The number of likely N-dealkylation sites (tertiary alicyclic amines) is 1. The van der Waals surface area contributed by atoms with Crippen LogP contribution in [0.2, 0.25) is 0 Å². The molecule has 7 heterocycles. The Kier molecular flexibility index (Phi) is 6.02. The topological polar surface area (TPSA) is 103 Å². The number of hydrogen-bond donors (Lipinski definition) is 2. The lowest BCUT2D eigenvalue weighted by Crippen LogP contribution is -2.29. The number of pyridine rings is 3. The van der Waals surface area contributed by atoms with Crippen molar-refractivity contribution in [2.24, 2.45) is 0 Å². The molecular weight excluding hydrogens is 506 g/mol. The predicted octanol–water partition coefficient (Wildman–Crippen LogP) is 6.48. The van der Waals surface area contributed by atoms with Gasteiger partial charge in [0.05, 0.1) is 28.0 Å². The highest BCUT2D eigenvalue weighted by molar-refractivity contribution is 7.17. The molecule has 1 fully saturated rings. The zero-order valence-corrected chi connectivity index (χ0v) is 22.4. The van der Waals surface area contributed by atoms with Crippen LogP contribution in [0.25, 0.3) is 55.0 Å². The van der Waals surface area contributed by atoms with E-state index in [1.165, 1.54) is 36.2 Å². The highest BCUT2D eigenvalue weighted by Gasteiger charge is 2.17. The number of carbonyl (C=O) groups excluding carboxylic acids is 1. The van der Waals surface area contributed by atoms with Crippen molar-refractivity contribution < 1.29 is 4.79 Å². The van der Waals surface area contributed by atoms with E-state index in [0.29, 0.717) is 0 Å². The fourth-order valence-electron chi connectivity index (χ4n) is 5.41. The molecule has 1 aliphatic heterocycles. The molecule has 1 aliphatic rings. The van der Waals surface area contributed by atoms with Crippen molar-refractivity contribution in [1.82, 2.24) is 35.0 Å². The first-order chi connectivity index (χ1) is 19.1. The summed E-state index contributed by atoms with van der Waals surface area (Å²) in [5.74, 6) is 0.0749. The van der Waals surface area contributed by atoms with Crippen molar-refractivity contribution in [3.8, 4) is 33.1 Å². The first kappa shape index (κ1) is 23.9. The monoisotopic (exact) mass is 533 g/mol. The average molecular weight is 534 g/mol. The second-order valence-electron chi connectivity index (χ2n) is 10.1. The lowest BCUT2D eigenvalue weighted by Gasteiger charge is -2.26. The van der Waals surface area contributed by atoms with Crippen molar-refractivity contribution in [2.45, 2.75) is 32.7 Å². The Bertz CT molecular complexity index is 1830. The number of H-pyrrole nitrogens is 2. The summed E-state index contributed by atoms with van der Waals surface area (Å²) in [6.07, 6.45) is 11.3. The van der Waals surface area contributed by atoms with Crippen LogP contribution >= 0.6 is 11.3 Å². The number of rotatable bonds is 6. The van der Waals surface area contributed by atoms with E-state index in [4.69, 9.17) is 4.98 Å². The number of piperidine rings is 1. The van der Waals surface area contributed by atoms with Crippen molar-refractivity contribution in [1.29, 1.82) is 0 Å². The molecule has 2 N–H and O–H groups in total. The van der Waals surface area contributed by atoms with Gasteiger partial charge in [-0.25, -0.2) is 4.98 Å². The van der Waals surface area contributed by atoms with E-state index in [9.17, 15) is 4.79 Å². The molecule has 7 rings (SSSR count). The molecule has 0 radical (unpaired) electrons. The minimum Gasteiger partial charge on any atom is -0.338 e. The van der Waals surface area contributed by atoms with E-state index < -0.39 is 0 Å². The van der Waals surface area contributed by atoms with Gasteiger partial charge in [0.1, 0.15) is 11.3 Å². The maximum absolute atomic E-state index is 11.8. The van der Waals surface area contributed by atoms with Gasteiger partial charge in [0.2, 0.25) is 0 Å². The highest BCUT2D eigenvalue weighted by atomic mass is 32.1. The second-order valence-corrected chi connectivity index (χ2v) is 11.2. The number of nitrogens with zero attached hydrogens (tertiary/aromatic N) is 5. The van der Waals surface area contributed by atoms with Gasteiger partial charge in [-0.3, -0.25) is 24.8 Å². The van der Waals surface area contributed by atoms with Crippen molar-refractivity contribution >= 4 is 39.1 Å². The first-order valence-corrected chi connectivity index (χ1v) is 14.0. The van der Waals surface area contributed by atoms with Crippen molar-refractivity contribution in [2.75, 3.05) is 13.1 Å². The molecule has 6 aromatic heterocycles. The predicted molar refractivity (Wildman–Crippen MR) is 155 cm³/mol. The van der Waals surface area contributed by atoms with E-state index in [2.05, 4.69) is 48.2 Å². The number of ketones is 1. The summed E-state index contributed by atoms with van der Waals surface area (Å²) in [7, 11) is 0. The lowest BCUT2D eigenvalue weighted by molar-refractivity contribution is 0.102. The molecule has 8 nitrogen and oxygen atoms in total. The summed E-state index contributed by atoms with van der Waals surface area (Å²) < 4.78 is 0. The van der Waals surface area contributed by atoms with E-state index in [-0.39, 0.29) is 5.78 Å². The number of aromatic amines is 2. The minimum atomic E-state index is 0.0749. The number of Topliss-reactive ketones (excluding diaryl/α,β-unsaturated/α-hetero) is 1. The van der Waals surface area contributed by atoms with Gasteiger partial charge in [-0.2, -0.15) is 5.10 Å². The third-order valence-corrected chi connectivity index (χ3v) is 8.62. The smallest absolute Gasteiger partial charge is 0.169 e. The summed E-state index contributed by atoms with van der Waals surface area (Å²) in [6.45, 7) is 4.82. The van der Waals surface area contributed by atoms with Crippen LogP contribution in [0.15, 0.2) is 61.2 Å². The molecule has 0 spiro atoms. The highest BCUT2D eigenvalue weighted by Crippen LogP contribution is 2.36. The Morgan fingerprint density at radius 2 is 1.90 bits per heavy atom. The number of aromatic nitrogens is 6. The van der Waals surface area contributed by atoms with Gasteiger partial charge in [0, 0.05) is 51.9 Å². The Hall–Kier alpha value is -4.21. The summed E-state index contributed by atoms with van der Waals surface area (Å²) in [5.41, 5.74) is 7.43. The van der Waals surface area contributed by atoms with E-state index in [0.717, 1.165) is 79.5 Å². The van der Waals surface area contributed by atoms with Gasteiger partial charge >= 0.3 is 0 Å². The second kappa shape index (κ2) is 9.83. The number of fused-ring (bicyclic) bond motifs is 2. The van der Waals surface area contributed by atoms with Crippen LogP contribution in [0.5, 0.6) is 0 Å². The fraction of sp³-hybridized carbons (Fsp3) is 0.233. The minimum absolute atomic E-state index is 0.0749. The molecule has 0 unspecified atom stereocenters. The van der Waals surface area contributed by atoms with Crippen LogP contribution in [0.3, 0.4) is 0 Å². The fourth-order valence-corrected chi connectivity index (χ4v) is 6.35. The van der Waals surface area contributed by atoms with E-state index >= 15 is 0 Å². The summed E-state index contributed by atoms with van der Waals surface area (Å²) >= 11 is 1.50. The molecule has 39 heavy (non-hydrogen) atoms. The van der Waals surface area contributed by atoms with E-state index in [1.54, 1.807) is 13.1 Å². The molecule has 0 aliphatic carbocycles. The SMILES string of the molecule is CC(=O)c1ccc(-c2ccnc3[nH]c(-c4n[nH]c5cnc(-c6cncc(CN7CCCCC7)c6)cc45)cc23)s1. The summed E-state index contributed by atoms with van der Waals surface area (Å²) in [6, 6.07) is 12.2. The van der Waals surface area contributed by atoms with Gasteiger partial charge in [0.25, 0.3) is 0 Å². The molecular formula is C30H27N7OS. The number of thiophene rings is 1. The van der Waals surface area contributed by atoms with Crippen LogP contribution in [0.1, 0.15) is 41.4 Å². The zero-order chi connectivity index (χ0) is 26.3. The third-order valence-electron chi connectivity index (χ3n) is 7.40. The molecule has 1 saturated heterocycles. The van der Waals surface area contributed by atoms with Gasteiger partial charge in [-0.1, -0.05) is 6.42 Å². The Balaban J connectivity index is 1.25. The zero-order valence-electron chi connectivity index (χ0n) is 21.6. The molecule has 0 bridgehead atoms. The van der Waals surface area contributed by atoms with Gasteiger partial charge in [-0.05, 0) is 74.8 Å². The van der Waals surface area contributed by atoms with E-state index in [1.807, 2.05) is 36.8 Å². The largest absolute Gasteiger partial charge is 0.338 e. The van der Waals surface area contributed by atoms with Crippen molar-refractivity contribution in [3.63, 3.8) is 0 Å². The summed E-state index contributed by atoms with van der Waals surface area (Å²) in [4.78, 5) is 33.4. The summed E-state index contributed by atoms with van der Waals surface area (Å²) in [5, 5.41) is 9.73. The Morgan fingerprint density at radius 3 is 2.74 bits per heavy atom. The Labute approximate surface area is 229 Å². The standard InChI is InChI=1S/C30H27N7OS/c1-18(38)27-5-6-28(39-27)21-7-8-32-30-22(21)12-25(34-30)29-23-13-24(33-16-26(23)35-36-29)20-11-19(14-31-15-20)17-37-9-3-2-4-10-37/h5-8,11-16H,2-4,9-10,17H2,1H3,(H,32,34)(H,35,36). The van der Waals surface area contributed by atoms with Gasteiger partial charge < -0.3 is 4.98 Å². The normalized spacial score (nSPS) is 14.4. The third kappa shape index (κ3) is 4.53. The molecule has 0 amide bonds. The molecule has 9 heteroatoms. The van der Waals surface area contributed by atoms with Crippen LogP contribution in [-0.2, 0) is 6.54 Å². The number of carbonyl (C=O) groups is 1. The maximum Gasteiger partial charge on any atom is 0.169 e. The molecule has 6 aromatic rings. The van der Waals surface area contributed by atoms with Crippen molar-refractivity contribution in [3.05, 3.63) is 71.6 Å². The Morgan fingerprint density at radius 1 is 1.00 bits per heavy atom. The number of hydrogen-bond acceptors (Lipinski definition) is 7. The molecule has 0 aromatic carbocycles. The first-order valence-electron chi connectivity index (χ1n) is 13.2. The lowest BCUT2D eigenvalue weighted by atomic mass is 10.1. The average Bonchev–Trinajstić information content (AvgIpc) is 3.71. The molecule has 0 saturated carbocycles. The van der Waals surface area contributed by atoms with Crippen LogP contribution in [0.4, 0.5) is 0 Å². The van der Waals surface area contributed by atoms with Crippen LogP contribution < -0.4 is 0 Å². The molecule has 194 valence electrons. The quantitative estimate of drug-likeness (QED) is 0.238. The maximum atomic E-state index is 11.8. The van der Waals surface area contributed by atoms with Gasteiger partial charge in [-0.15, -0.1) is 11.3 Å². The number of nitrogens with one attached hydrogen (secondary N) is 2. The van der Waals surface area contributed by atoms with Gasteiger partial charge in [0.15, 0.2) is 5.78 Å².